The molecule has 0 aliphatic carbocycles. The maximum absolute atomic E-state index is 13.5. The number of nitrogen functional groups attached to an aromatic ring is 2. The van der Waals surface area contributed by atoms with Gasteiger partial charge in [-0.1, -0.05) is 29.8 Å². The number of aromatic nitrogens is 1. The van der Waals surface area contributed by atoms with Gasteiger partial charge in [0.15, 0.2) is 0 Å². The van der Waals surface area contributed by atoms with Crippen LogP contribution in [-0.4, -0.2) is 4.98 Å². The second-order valence-electron chi connectivity index (χ2n) is 5.61. The molecule has 6 heteroatoms. The molecule has 124 valence electrons. The van der Waals surface area contributed by atoms with Gasteiger partial charge in [0, 0.05) is 22.5 Å². The molecule has 0 atom stereocenters. The Morgan fingerprint density at radius 2 is 1.64 bits per heavy atom. The summed E-state index contributed by atoms with van der Waals surface area (Å²) in [6, 6.07) is 12.5. The van der Waals surface area contributed by atoms with E-state index in [1.165, 1.54) is 17.4 Å². The van der Waals surface area contributed by atoms with E-state index in [1.54, 1.807) is 24.5 Å². The highest BCUT2D eigenvalue weighted by Crippen LogP contribution is 2.46. The maximum atomic E-state index is 13.5. The lowest BCUT2D eigenvalue weighted by atomic mass is 9.96. The smallest absolute Gasteiger partial charge is 0.141 e. The third-order valence-electron chi connectivity index (χ3n) is 4.13. The van der Waals surface area contributed by atoms with Crippen LogP contribution in [0.5, 0.6) is 0 Å². The number of hydrogen-bond donors (Lipinski definition) is 2. The van der Waals surface area contributed by atoms with Crippen LogP contribution in [0.2, 0.25) is 5.02 Å². The SMILES string of the molecule is Nc1sc2c(-c3ccncc3)ccc(-c3ccc(F)c(Cl)c3)c2c1N. The topological polar surface area (TPSA) is 64.9 Å². The highest BCUT2D eigenvalue weighted by Gasteiger charge is 2.17. The Labute approximate surface area is 152 Å². The van der Waals surface area contributed by atoms with E-state index in [0.717, 1.165) is 32.3 Å². The predicted molar refractivity (Wildman–Crippen MR) is 104 cm³/mol. The minimum Gasteiger partial charge on any atom is -0.396 e. The molecule has 4 rings (SSSR count). The summed E-state index contributed by atoms with van der Waals surface area (Å²) >= 11 is 7.39. The second kappa shape index (κ2) is 6.02. The normalized spacial score (nSPS) is 11.1. The van der Waals surface area contributed by atoms with Gasteiger partial charge in [0.05, 0.1) is 10.7 Å². The van der Waals surface area contributed by atoms with E-state index < -0.39 is 5.82 Å². The zero-order chi connectivity index (χ0) is 17.6. The first-order valence-corrected chi connectivity index (χ1v) is 8.72. The van der Waals surface area contributed by atoms with Crippen LogP contribution in [-0.2, 0) is 0 Å². The minimum absolute atomic E-state index is 0.0747. The molecule has 0 aliphatic heterocycles. The largest absolute Gasteiger partial charge is 0.396 e. The molecule has 0 amide bonds. The summed E-state index contributed by atoms with van der Waals surface area (Å²) in [6.45, 7) is 0. The standard InChI is InChI=1S/C19H13ClFN3S/c20-14-9-11(1-4-15(14)21)12-2-3-13(10-5-7-24-8-6-10)18-16(12)17(22)19(23)25-18/h1-9H,22-23H2. The molecule has 0 bridgehead atoms. The number of fused-ring (bicyclic) bond motifs is 1. The molecule has 0 saturated heterocycles. The van der Waals surface area contributed by atoms with Crippen molar-refractivity contribution in [1.82, 2.24) is 4.98 Å². The Bertz CT molecular complexity index is 1090. The summed E-state index contributed by atoms with van der Waals surface area (Å²) in [5.74, 6) is -0.451. The van der Waals surface area contributed by atoms with Gasteiger partial charge in [0.2, 0.25) is 0 Å². The van der Waals surface area contributed by atoms with Gasteiger partial charge in [0.1, 0.15) is 10.8 Å². The number of halogens is 2. The fourth-order valence-electron chi connectivity index (χ4n) is 2.91. The monoisotopic (exact) mass is 369 g/mol. The van der Waals surface area contributed by atoms with Crippen molar-refractivity contribution >= 4 is 43.7 Å². The lowest BCUT2D eigenvalue weighted by Crippen LogP contribution is -1.91. The van der Waals surface area contributed by atoms with Gasteiger partial charge in [-0.2, -0.15) is 0 Å². The molecule has 4 aromatic rings. The van der Waals surface area contributed by atoms with Gasteiger partial charge in [0.25, 0.3) is 0 Å². The predicted octanol–water partition coefficient (Wildman–Crippen LogP) is 5.59. The summed E-state index contributed by atoms with van der Waals surface area (Å²) < 4.78 is 14.5. The third-order valence-corrected chi connectivity index (χ3v) is 5.48. The van der Waals surface area contributed by atoms with Crippen molar-refractivity contribution in [2.24, 2.45) is 0 Å². The van der Waals surface area contributed by atoms with Gasteiger partial charge < -0.3 is 11.5 Å². The van der Waals surface area contributed by atoms with E-state index in [1.807, 2.05) is 24.3 Å². The Morgan fingerprint density at radius 3 is 2.36 bits per heavy atom. The highest BCUT2D eigenvalue weighted by atomic mass is 35.5. The van der Waals surface area contributed by atoms with Crippen LogP contribution in [0.25, 0.3) is 32.3 Å². The molecule has 2 heterocycles. The molecule has 2 aromatic heterocycles. The summed E-state index contributed by atoms with van der Waals surface area (Å²) in [6.07, 6.45) is 3.49. The molecule has 25 heavy (non-hydrogen) atoms. The van der Waals surface area contributed by atoms with Crippen LogP contribution < -0.4 is 11.5 Å². The van der Waals surface area contributed by atoms with Crippen molar-refractivity contribution in [2.75, 3.05) is 11.5 Å². The summed E-state index contributed by atoms with van der Waals surface area (Å²) in [4.78, 5) is 4.06. The molecule has 2 aromatic carbocycles. The third kappa shape index (κ3) is 2.62. The lowest BCUT2D eigenvalue weighted by Gasteiger charge is -2.10. The number of hydrogen-bond acceptors (Lipinski definition) is 4. The minimum atomic E-state index is -0.451. The molecular weight excluding hydrogens is 357 g/mol. The summed E-state index contributed by atoms with van der Waals surface area (Å²) in [5.41, 5.74) is 16.6. The molecule has 0 radical (unpaired) electrons. The molecule has 0 saturated carbocycles. The fourth-order valence-corrected chi connectivity index (χ4v) is 4.14. The molecule has 0 unspecified atom stereocenters. The van der Waals surface area contributed by atoms with Crippen molar-refractivity contribution in [1.29, 1.82) is 0 Å². The average molecular weight is 370 g/mol. The van der Waals surface area contributed by atoms with Gasteiger partial charge in [-0.25, -0.2) is 4.39 Å². The molecule has 0 fully saturated rings. The molecule has 0 aliphatic rings. The zero-order valence-corrected chi connectivity index (χ0v) is 14.5. The van der Waals surface area contributed by atoms with Crippen molar-refractivity contribution in [3.8, 4) is 22.3 Å². The Balaban J connectivity index is 2.03. The van der Waals surface area contributed by atoms with E-state index in [-0.39, 0.29) is 5.02 Å². The van der Waals surface area contributed by atoms with Gasteiger partial charge in [-0.15, -0.1) is 11.3 Å². The van der Waals surface area contributed by atoms with Gasteiger partial charge >= 0.3 is 0 Å². The number of thiophene rings is 1. The van der Waals surface area contributed by atoms with Crippen LogP contribution in [0, 0.1) is 5.82 Å². The average Bonchev–Trinajstić information content (AvgIpc) is 2.93. The first kappa shape index (κ1) is 15.9. The first-order valence-electron chi connectivity index (χ1n) is 7.52. The molecular formula is C19H13ClFN3S. The number of pyridine rings is 1. The van der Waals surface area contributed by atoms with Crippen LogP contribution in [0.4, 0.5) is 15.1 Å². The fraction of sp³-hybridized carbons (Fsp3) is 0. The van der Waals surface area contributed by atoms with E-state index in [0.29, 0.717) is 10.7 Å². The van der Waals surface area contributed by atoms with Crippen LogP contribution in [0.1, 0.15) is 0 Å². The number of benzene rings is 2. The van der Waals surface area contributed by atoms with Gasteiger partial charge in [-0.05, 0) is 46.5 Å². The van der Waals surface area contributed by atoms with Crippen molar-refractivity contribution < 1.29 is 4.39 Å². The number of nitrogens with zero attached hydrogens (tertiary/aromatic N) is 1. The number of anilines is 2. The Morgan fingerprint density at radius 1 is 0.920 bits per heavy atom. The van der Waals surface area contributed by atoms with E-state index in [4.69, 9.17) is 23.1 Å². The molecule has 0 spiro atoms. The highest BCUT2D eigenvalue weighted by molar-refractivity contribution is 7.24. The quantitative estimate of drug-likeness (QED) is 0.484. The van der Waals surface area contributed by atoms with Crippen molar-refractivity contribution in [2.45, 2.75) is 0 Å². The van der Waals surface area contributed by atoms with Crippen molar-refractivity contribution in [3.05, 3.63) is 65.7 Å². The second-order valence-corrected chi connectivity index (χ2v) is 7.07. The maximum Gasteiger partial charge on any atom is 0.141 e. The van der Waals surface area contributed by atoms with Crippen LogP contribution in [0.15, 0.2) is 54.9 Å². The molecule has 4 N–H and O–H groups in total. The Hall–Kier alpha value is -2.63. The van der Waals surface area contributed by atoms with E-state index >= 15 is 0 Å². The Kier molecular flexibility index (Phi) is 3.82. The lowest BCUT2D eigenvalue weighted by molar-refractivity contribution is 0.628. The van der Waals surface area contributed by atoms with E-state index in [9.17, 15) is 4.39 Å². The summed E-state index contributed by atoms with van der Waals surface area (Å²) in [7, 11) is 0. The van der Waals surface area contributed by atoms with Crippen molar-refractivity contribution in [3.63, 3.8) is 0 Å². The summed E-state index contributed by atoms with van der Waals surface area (Å²) in [5, 5.41) is 1.50. The van der Waals surface area contributed by atoms with Crippen LogP contribution >= 0.6 is 22.9 Å². The number of nitrogens with two attached hydrogens (primary N) is 2. The first-order chi connectivity index (χ1) is 12.1. The van der Waals surface area contributed by atoms with Crippen LogP contribution in [0.3, 0.4) is 0 Å². The molecule has 3 nitrogen and oxygen atoms in total. The number of rotatable bonds is 2. The van der Waals surface area contributed by atoms with Gasteiger partial charge in [-0.3, -0.25) is 4.98 Å². The zero-order valence-electron chi connectivity index (χ0n) is 13.0. The van der Waals surface area contributed by atoms with E-state index in [2.05, 4.69) is 4.98 Å².